The maximum atomic E-state index is 12.1. The van der Waals surface area contributed by atoms with Gasteiger partial charge in [-0.25, -0.2) is 4.79 Å². The van der Waals surface area contributed by atoms with E-state index >= 15 is 0 Å². The predicted octanol–water partition coefficient (Wildman–Crippen LogP) is 4.00. The Morgan fingerprint density at radius 3 is 2.90 bits per heavy atom. The van der Waals surface area contributed by atoms with Crippen LogP contribution in [0.2, 0.25) is 0 Å². The van der Waals surface area contributed by atoms with E-state index in [0.29, 0.717) is 16.3 Å². The molecule has 0 saturated heterocycles. The number of nitrogens with zero attached hydrogens (tertiary/aromatic N) is 1. The number of aromatic nitrogens is 1. The molecule has 0 bridgehead atoms. The molecule has 0 unspecified atom stereocenters. The summed E-state index contributed by atoms with van der Waals surface area (Å²) in [6.45, 7) is 0.155. The minimum atomic E-state index is -0.348. The molecule has 3 aromatic rings. The van der Waals surface area contributed by atoms with E-state index in [1.807, 2.05) is 30.3 Å². The van der Waals surface area contributed by atoms with Crippen molar-refractivity contribution >= 4 is 49.0 Å². The third kappa shape index (κ3) is 3.22. The second kappa shape index (κ2) is 5.83. The van der Waals surface area contributed by atoms with Gasteiger partial charge in [-0.1, -0.05) is 0 Å². The molecule has 0 amide bonds. The van der Waals surface area contributed by atoms with E-state index in [1.165, 1.54) is 11.3 Å². The number of thiophene rings is 1. The summed E-state index contributed by atoms with van der Waals surface area (Å²) in [6, 6.07) is 11.0. The third-order valence-corrected chi connectivity index (χ3v) is 4.45. The number of pyridine rings is 1. The monoisotopic (exact) mass is 362 g/mol. The van der Waals surface area contributed by atoms with Gasteiger partial charge in [-0.05, 0) is 57.7 Å². The van der Waals surface area contributed by atoms with Crippen LogP contribution in [-0.4, -0.2) is 11.0 Å². The van der Waals surface area contributed by atoms with E-state index in [-0.39, 0.29) is 12.6 Å². The largest absolute Gasteiger partial charge is 0.455 e. The topological polar surface area (TPSA) is 65.2 Å². The minimum absolute atomic E-state index is 0.155. The second-order valence-electron chi connectivity index (χ2n) is 4.45. The summed E-state index contributed by atoms with van der Waals surface area (Å²) >= 11 is 4.70. The van der Waals surface area contributed by atoms with Crippen LogP contribution >= 0.6 is 27.3 Å². The van der Waals surface area contributed by atoms with Crippen LogP contribution < -0.4 is 5.73 Å². The van der Waals surface area contributed by atoms with Gasteiger partial charge in [0.2, 0.25) is 0 Å². The Labute approximate surface area is 133 Å². The molecule has 0 aliphatic rings. The van der Waals surface area contributed by atoms with E-state index in [9.17, 15) is 4.79 Å². The number of hydrogen-bond donors (Lipinski definition) is 1. The molecule has 0 fully saturated rings. The van der Waals surface area contributed by atoms with Crippen LogP contribution in [-0.2, 0) is 11.3 Å². The highest BCUT2D eigenvalue weighted by atomic mass is 79.9. The van der Waals surface area contributed by atoms with Gasteiger partial charge in [0.05, 0.1) is 5.69 Å². The fourth-order valence-corrected chi connectivity index (χ4v) is 3.04. The summed E-state index contributed by atoms with van der Waals surface area (Å²) in [6.07, 6.45) is 1.67. The van der Waals surface area contributed by atoms with Gasteiger partial charge in [0.1, 0.15) is 11.5 Å². The maximum Gasteiger partial charge on any atom is 0.348 e. The highest BCUT2D eigenvalue weighted by Gasteiger charge is 2.12. The number of ether oxygens (including phenoxy) is 1. The lowest BCUT2D eigenvalue weighted by Gasteiger charge is -2.02. The first-order valence-electron chi connectivity index (χ1n) is 6.18. The molecule has 0 radical (unpaired) electrons. The molecule has 0 saturated carbocycles. The highest BCUT2D eigenvalue weighted by molar-refractivity contribution is 9.10. The number of hydrogen-bond acceptors (Lipinski definition) is 5. The van der Waals surface area contributed by atoms with Gasteiger partial charge in [-0.15, -0.1) is 11.3 Å². The lowest BCUT2D eigenvalue weighted by atomic mass is 10.2. The number of benzene rings is 1. The van der Waals surface area contributed by atoms with E-state index in [0.717, 1.165) is 14.6 Å². The van der Waals surface area contributed by atoms with Gasteiger partial charge in [-0.2, -0.15) is 0 Å². The molecule has 0 spiro atoms. The van der Waals surface area contributed by atoms with Gasteiger partial charge in [-0.3, -0.25) is 4.98 Å². The van der Waals surface area contributed by atoms with Crippen LogP contribution in [0.3, 0.4) is 0 Å². The first-order chi connectivity index (χ1) is 10.1. The predicted molar refractivity (Wildman–Crippen MR) is 87.3 cm³/mol. The van der Waals surface area contributed by atoms with Crippen molar-refractivity contribution in [2.45, 2.75) is 6.61 Å². The number of rotatable bonds is 3. The zero-order valence-corrected chi connectivity index (χ0v) is 13.3. The number of anilines is 1. The molecule has 3 rings (SSSR count). The molecule has 0 atom stereocenters. The molecular weight excluding hydrogens is 352 g/mol. The van der Waals surface area contributed by atoms with Crippen LogP contribution in [0, 0.1) is 0 Å². The Morgan fingerprint density at radius 2 is 2.14 bits per heavy atom. The zero-order chi connectivity index (χ0) is 14.8. The molecule has 1 aromatic carbocycles. The Balaban J connectivity index is 1.73. The van der Waals surface area contributed by atoms with Gasteiger partial charge in [0.15, 0.2) is 0 Å². The molecule has 2 heterocycles. The molecular formula is C15H11BrN2O2S. The summed E-state index contributed by atoms with van der Waals surface area (Å²) in [5, 5.41) is 0.953. The standard InChI is InChI=1S/C15H11BrN2O2S/c16-10-1-3-12(18-7-10)8-20-15(19)14-6-9-5-11(17)2-4-13(9)21-14/h1-7H,8,17H2. The molecule has 2 aromatic heterocycles. The van der Waals surface area contributed by atoms with Crippen molar-refractivity contribution in [3.05, 3.63) is 57.6 Å². The fourth-order valence-electron chi connectivity index (χ4n) is 1.86. The van der Waals surface area contributed by atoms with Crippen molar-refractivity contribution < 1.29 is 9.53 Å². The van der Waals surface area contributed by atoms with Crippen molar-refractivity contribution in [2.24, 2.45) is 0 Å². The number of halogens is 1. The van der Waals surface area contributed by atoms with Crippen LogP contribution in [0.25, 0.3) is 10.1 Å². The number of carbonyl (C=O) groups is 1. The van der Waals surface area contributed by atoms with E-state index < -0.39 is 0 Å². The average Bonchev–Trinajstić information content (AvgIpc) is 2.89. The Kier molecular flexibility index (Phi) is 3.90. The van der Waals surface area contributed by atoms with Crippen LogP contribution in [0.15, 0.2) is 47.1 Å². The van der Waals surface area contributed by atoms with Crippen molar-refractivity contribution in [1.29, 1.82) is 0 Å². The summed E-state index contributed by atoms with van der Waals surface area (Å²) in [5.41, 5.74) is 7.12. The van der Waals surface area contributed by atoms with Gasteiger partial charge in [0, 0.05) is 21.1 Å². The summed E-state index contributed by atoms with van der Waals surface area (Å²) < 4.78 is 7.18. The lowest BCUT2D eigenvalue weighted by Crippen LogP contribution is -2.04. The third-order valence-electron chi connectivity index (χ3n) is 2.88. The van der Waals surface area contributed by atoms with Crippen LogP contribution in [0.5, 0.6) is 0 Å². The maximum absolute atomic E-state index is 12.1. The minimum Gasteiger partial charge on any atom is -0.455 e. The number of nitrogens with two attached hydrogens (primary N) is 1. The van der Waals surface area contributed by atoms with Crippen molar-refractivity contribution in [1.82, 2.24) is 4.98 Å². The number of esters is 1. The summed E-state index contributed by atoms with van der Waals surface area (Å²) in [5.74, 6) is -0.348. The van der Waals surface area contributed by atoms with Gasteiger partial charge in [0.25, 0.3) is 0 Å². The Morgan fingerprint density at radius 1 is 1.29 bits per heavy atom. The van der Waals surface area contributed by atoms with E-state index in [1.54, 1.807) is 12.3 Å². The molecule has 106 valence electrons. The Bertz CT molecular complexity index is 799. The lowest BCUT2D eigenvalue weighted by molar-refractivity contribution is 0.0473. The van der Waals surface area contributed by atoms with E-state index in [2.05, 4.69) is 20.9 Å². The first-order valence-corrected chi connectivity index (χ1v) is 7.79. The molecule has 0 aliphatic heterocycles. The molecule has 6 heteroatoms. The quantitative estimate of drug-likeness (QED) is 0.564. The Hall–Kier alpha value is -1.92. The average molecular weight is 363 g/mol. The van der Waals surface area contributed by atoms with Crippen LogP contribution in [0.4, 0.5) is 5.69 Å². The first kappa shape index (κ1) is 14.0. The summed E-state index contributed by atoms with van der Waals surface area (Å²) in [7, 11) is 0. The summed E-state index contributed by atoms with van der Waals surface area (Å²) in [4.78, 5) is 16.8. The van der Waals surface area contributed by atoms with E-state index in [4.69, 9.17) is 10.5 Å². The number of carbonyl (C=O) groups excluding carboxylic acids is 1. The molecule has 21 heavy (non-hydrogen) atoms. The fraction of sp³-hybridized carbons (Fsp3) is 0.0667. The molecule has 2 N–H and O–H groups in total. The number of nitrogen functional groups attached to an aromatic ring is 1. The highest BCUT2D eigenvalue weighted by Crippen LogP contribution is 2.27. The van der Waals surface area contributed by atoms with Crippen LogP contribution in [0.1, 0.15) is 15.4 Å². The smallest absolute Gasteiger partial charge is 0.348 e. The van der Waals surface area contributed by atoms with Gasteiger partial charge >= 0.3 is 5.97 Å². The molecule has 0 aliphatic carbocycles. The van der Waals surface area contributed by atoms with Crippen molar-refractivity contribution in [3.63, 3.8) is 0 Å². The second-order valence-corrected chi connectivity index (χ2v) is 6.45. The zero-order valence-electron chi connectivity index (χ0n) is 10.9. The normalized spacial score (nSPS) is 10.7. The molecule has 4 nitrogen and oxygen atoms in total. The van der Waals surface area contributed by atoms with Crippen molar-refractivity contribution in [2.75, 3.05) is 5.73 Å². The SMILES string of the molecule is Nc1ccc2sc(C(=O)OCc3ccc(Br)cn3)cc2c1. The number of fused-ring (bicyclic) bond motifs is 1. The van der Waals surface area contributed by atoms with Gasteiger partial charge < -0.3 is 10.5 Å². The van der Waals surface area contributed by atoms with Crippen molar-refractivity contribution in [3.8, 4) is 0 Å².